The Morgan fingerprint density at radius 1 is 1.38 bits per heavy atom. The van der Waals surface area contributed by atoms with E-state index in [1.54, 1.807) is 0 Å². The molecule has 118 valence electrons. The predicted molar refractivity (Wildman–Crippen MR) is 84.1 cm³/mol. The maximum absolute atomic E-state index is 12.8. The first kappa shape index (κ1) is 16.8. The molecule has 2 rings (SSSR count). The second-order valence-electron chi connectivity index (χ2n) is 5.05. The van der Waals surface area contributed by atoms with E-state index >= 15 is 0 Å². The van der Waals surface area contributed by atoms with E-state index in [1.807, 2.05) is 0 Å². The number of nitrogens with zero attached hydrogens (tertiary/aromatic N) is 1. The molecule has 1 aliphatic rings. The molecule has 0 aromatic heterocycles. The highest BCUT2D eigenvalue weighted by molar-refractivity contribution is 7.89. The van der Waals surface area contributed by atoms with Crippen LogP contribution >= 0.6 is 23.2 Å². The Hall–Kier alpha value is -0.530. The lowest BCUT2D eigenvalue weighted by atomic mass is 10.1. The van der Waals surface area contributed by atoms with Crippen molar-refractivity contribution < 1.29 is 13.5 Å². The Kier molecular flexibility index (Phi) is 5.38. The number of benzene rings is 1. The molecule has 1 heterocycles. The number of nitrogen functional groups attached to an aromatic ring is 1. The van der Waals surface area contributed by atoms with E-state index in [2.05, 4.69) is 0 Å². The van der Waals surface area contributed by atoms with Gasteiger partial charge in [-0.15, -0.1) is 0 Å². The molecule has 1 saturated heterocycles. The van der Waals surface area contributed by atoms with Crippen LogP contribution in [-0.4, -0.2) is 37.0 Å². The molecule has 1 fully saturated rings. The number of hydrogen-bond acceptors (Lipinski definition) is 4. The Labute approximate surface area is 134 Å². The van der Waals surface area contributed by atoms with Gasteiger partial charge in [0.1, 0.15) is 4.90 Å². The molecule has 0 amide bonds. The molecular weight excluding hydrogens is 335 g/mol. The lowest BCUT2D eigenvalue weighted by Crippen LogP contribution is -2.35. The summed E-state index contributed by atoms with van der Waals surface area (Å²) in [5.74, 6) is 0. The van der Waals surface area contributed by atoms with Gasteiger partial charge in [0.05, 0.1) is 15.7 Å². The number of hydrogen-bond donors (Lipinski definition) is 2. The lowest BCUT2D eigenvalue weighted by Gasteiger charge is -2.24. The van der Waals surface area contributed by atoms with Crippen LogP contribution in [0.2, 0.25) is 10.0 Å². The van der Waals surface area contributed by atoms with Crippen molar-refractivity contribution in [3.63, 3.8) is 0 Å². The van der Waals surface area contributed by atoms with E-state index in [0.717, 1.165) is 12.8 Å². The highest BCUT2D eigenvalue weighted by Crippen LogP contribution is 2.37. The average molecular weight is 353 g/mol. The summed E-state index contributed by atoms with van der Waals surface area (Å²) in [5.41, 5.74) is 5.79. The molecule has 5 nitrogen and oxygen atoms in total. The molecule has 1 aliphatic heterocycles. The maximum Gasteiger partial charge on any atom is 0.244 e. The van der Waals surface area contributed by atoms with Gasteiger partial charge in [-0.1, -0.05) is 23.2 Å². The van der Waals surface area contributed by atoms with Crippen LogP contribution in [0.15, 0.2) is 17.0 Å². The van der Waals surface area contributed by atoms with E-state index in [0.29, 0.717) is 19.4 Å². The average Bonchev–Trinajstić information content (AvgIpc) is 2.91. The van der Waals surface area contributed by atoms with Gasteiger partial charge < -0.3 is 10.8 Å². The Morgan fingerprint density at radius 2 is 2.10 bits per heavy atom. The topological polar surface area (TPSA) is 83.6 Å². The first-order valence-electron chi connectivity index (χ1n) is 6.75. The zero-order valence-corrected chi connectivity index (χ0v) is 13.8. The zero-order chi connectivity index (χ0) is 15.6. The normalized spacial score (nSPS) is 20.0. The van der Waals surface area contributed by atoms with Gasteiger partial charge in [0, 0.05) is 19.2 Å². The zero-order valence-electron chi connectivity index (χ0n) is 11.4. The van der Waals surface area contributed by atoms with Crippen LogP contribution in [0.5, 0.6) is 0 Å². The van der Waals surface area contributed by atoms with Crippen LogP contribution < -0.4 is 5.73 Å². The molecule has 0 spiro atoms. The molecule has 1 atom stereocenters. The van der Waals surface area contributed by atoms with Crippen molar-refractivity contribution in [2.45, 2.75) is 36.6 Å². The third-order valence-electron chi connectivity index (χ3n) is 3.70. The number of aliphatic hydroxyl groups excluding tert-OH is 1. The molecular formula is C13H18Cl2N2O3S. The molecule has 0 radical (unpaired) electrons. The summed E-state index contributed by atoms with van der Waals surface area (Å²) in [6.07, 6.45) is 2.81. The Balaban J connectivity index is 2.35. The summed E-state index contributed by atoms with van der Waals surface area (Å²) in [6, 6.07) is 2.72. The van der Waals surface area contributed by atoms with Gasteiger partial charge in [-0.25, -0.2) is 8.42 Å². The first-order chi connectivity index (χ1) is 9.89. The number of nitrogens with two attached hydrogens (primary N) is 1. The summed E-state index contributed by atoms with van der Waals surface area (Å²) >= 11 is 11.9. The fourth-order valence-corrected chi connectivity index (χ4v) is 5.08. The van der Waals surface area contributed by atoms with Crippen LogP contribution in [0, 0.1) is 0 Å². The summed E-state index contributed by atoms with van der Waals surface area (Å²) in [4.78, 5) is -0.0121. The Bertz CT molecular complexity index is 622. The summed E-state index contributed by atoms with van der Waals surface area (Å²) in [6.45, 7) is 0.510. The van der Waals surface area contributed by atoms with E-state index in [4.69, 9.17) is 34.0 Å². The quantitative estimate of drug-likeness (QED) is 0.797. The molecule has 1 aromatic rings. The molecule has 0 saturated carbocycles. The SMILES string of the molecule is Nc1c(Cl)ccc(S(=O)(=O)N2CCCC2CCCO)c1Cl. The largest absolute Gasteiger partial charge is 0.396 e. The first-order valence-corrected chi connectivity index (χ1v) is 8.95. The summed E-state index contributed by atoms with van der Waals surface area (Å²) in [5, 5.41) is 9.12. The fraction of sp³-hybridized carbons (Fsp3) is 0.538. The van der Waals surface area contributed by atoms with E-state index in [-0.39, 0.29) is 33.3 Å². The highest BCUT2D eigenvalue weighted by Gasteiger charge is 2.36. The van der Waals surface area contributed by atoms with E-state index in [9.17, 15) is 8.42 Å². The second-order valence-corrected chi connectivity index (χ2v) is 7.69. The third-order valence-corrected chi connectivity index (χ3v) is 6.54. The third kappa shape index (κ3) is 3.29. The van der Waals surface area contributed by atoms with Crippen molar-refractivity contribution >= 4 is 38.9 Å². The van der Waals surface area contributed by atoms with Crippen molar-refractivity contribution in [1.82, 2.24) is 4.31 Å². The molecule has 1 unspecified atom stereocenters. The van der Waals surface area contributed by atoms with Gasteiger partial charge in [0.2, 0.25) is 10.0 Å². The summed E-state index contributed by atoms with van der Waals surface area (Å²) < 4.78 is 27.0. The number of anilines is 1. The minimum atomic E-state index is -3.71. The molecule has 8 heteroatoms. The van der Waals surface area contributed by atoms with Crippen molar-refractivity contribution in [3.05, 3.63) is 22.2 Å². The number of halogens is 2. The Morgan fingerprint density at radius 3 is 2.76 bits per heavy atom. The monoisotopic (exact) mass is 352 g/mol. The molecule has 21 heavy (non-hydrogen) atoms. The molecule has 0 aliphatic carbocycles. The fourth-order valence-electron chi connectivity index (χ4n) is 2.62. The number of aliphatic hydroxyl groups is 1. The molecule has 1 aromatic carbocycles. The lowest BCUT2D eigenvalue weighted by molar-refractivity contribution is 0.264. The number of sulfonamides is 1. The van der Waals surface area contributed by atoms with Crippen LogP contribution in [-0.2, 0) is 10.0 Å². The van der Waals surface area contributed by atoms with E-state index < -0.39 is 10.0 Å². The van der Waals surface area contributed by atoms with Crippen molar-refractivity contribution in [2.75, 3.05) is 18.9 Å². The number of rotatable bonds is 5. The van der Waals surface area contributed by atoms with Crippen molar-refractivity contribution in [3.8, 4) is 0 Å². The van der Waals surface area contributed by atoms with Crippen molar-refractivity contribution in [1.29, 1.82) is 0 Å². The smallest absolute Gasteiger partial charge is 0.244 e. The van der Waals surface area contributed by atoms with Gasteiger partial charge in [-0.05, 0) is 37.8 Å². The minimum Gasteiger partial charge on any atom is -0.396 e. The van der Waals surface area contributed by atoms with Crippen LogP contribution in [0.4, 0.5) is 5.69 Å². The van der Waals surface area contributed by atoms with Gasteiger partial charge >= 0.3 is 0 Å². The van der Waals surface area contributed by atoms with Gasteiger partial charge in [-0.2, -0.15) is 4.31 Å². The maximum atomic E-state index is 12.8. The highest BCUT2D eigenvalue weighted by atomic mass is 35.5. The van der Waals surface area contributed by atoms with Crippen LogP contribution in [0.25, 0.3) is 0 Å². The van der Waals surface area contributed by atoms with Crippen molar-refractivity contribution in [2.24, 2.45) is 0 Å². The van der Waals surface area contributed by atoms with Gasteiger partial charge in [0.25, 0.3) is 0 Å². The molecule has 3 N–H and O–H groups in total. The van der Waals surface area contributed by atoms with Crippen LogP contribution in [0.1, 0.15) is 25.7 Å². The van der Waals surface area contributed by atoms with Crippen LogP contribution in [0.3, 0.4) is 0 Å². The van der Waals surface area contributed by atoms with Gasteiger partial charge in [-0.3, -0.25) is 0 Å². The predicted octanol–water partition coefficient (Wildman–Crippen LogP) is 2.50. The second kappa shape index (κ2) is 6.71. The van der Waals surface area contributed by atoms with Gasteiger partial charge in [0.15, 0.2) is 0 Å². The summed E-state index contributed by atoms with van der Waals surface area (Å²) in [7, 11) is -3.71. The standard InChI is InChI=1S/C13H18Cl2N2O3S/c14-10-5-6-11(12(15)13(10)16)21(19,20)17-7-1-3-9(17)4-2-8-18/h5-6,9,18H,1-4,7-8,16H2. The molecule has 0 bridgehead atoms. The van der Waals surface area contributed by atoms with E-state index in [1.165, 1.54) is 16.4 Å². The minimum absolute atomic E-state index is 0.0121.